The molecule has 0 saturated carbocycles. The third kappa shape index (κ3) is 4.24. The summed E-state index contributed by atoms with van der Waals surface area (Å²) in [7, 11) is 0. The molecule has 0 aliphatic carbocycles. The molecule has 7 nitrogen and oxygen atoms in total. The summed E-state index contributed by atoms with van der Waals surface area (Å²) >= 11 is 1.59. The molecular formula is C22H24N4O3S. The molecule has 1 fully saturated rings. The second kappa shape index (κ2) is 8.57. The predicted octanol–water partition coefficient (Wildman–Crippen LogP) is 3.01. The number of hydrogen-bond acceptors (Lipinski definition) is 7. The van der Waals surface area contributed by atoms with Gasteiger partial charge in [0.1, 0.15) is 5.75 Å². The number of aryl methyl sites for hydroxylation is 1. The Balaban J connectivity index is 1.08. The van der Waals surface area contributed by atoms with Crippen LogP contribution in [0.3, 0.4) is 0 Å². The molecule has 1 saturated heterocycles. The van der Waals surface area contributed by atoms with E-state index in [0.717, 1.165) is 57.1 Å². The van der Waals surface area contributed by atoms with Crippen molar-refractivity contribution in [2.75, 3.05) is 32.8 Å². The van der Waals surface area contributed by atoms with Crippen LogP contribution in [0.25, 0.3) is 11.5 Å². The summed E-state index contributed by atoms with van der Waals surface area (Å²) in [6.45, 7) is 5.01. The fraction of sp³-hybridized carbons (Fsp3) is 0.409. The molecule has 1 aromatic carbocycles. The van der Waals surface area contributed by atoms with E-state index in [-0.39, 0.29) is 5.91 Å². The Labute approximate surface area is 179 Å². The minimum Gasteiger partial charge on any atom is -0.493 e. The normalized spacial score (nSPS) is 16.5. The topological polar surface area (TPSA) is 71.7 Å². The van der Waals surface area contributed by atoms with Crippen LogP contribution in [0.1, 0.15) is 23.4 Å². The van der Waals surface area contributed by atoms with E-state index in [1.807, 2.05) is 21.7 Å². The van der Waals surface area contributed by atoms with E-state index in [1.54, 1.807) is 11.3 Å². The number of benzene rings is 1. The second-order valence-corrected chi connectivity index (χ2v) is 8.49. The number of piperazine rings is 1. The summed E-state index contributed by atoms with van der Waals surface area (Å²) in [6.07, 6.45) is 1.88. The van der Waals surface area contributed by atoms with E-state index in [9.17, 15) is 4.79 Å². The number of carbonyl (C=O) groups is 1. The number of fused-ring (bicyclic) bond motifs is 1. The van der Waals surface area contributed by atoms with Gasteiger partial charge >= 0.3 is 0 Å². The fourth-order valence-electron chi connectivity index (χ4n) is 3.98. The van der Waals surface area contributed by atoms with Crippen LogP contribution in [0.2, 0.25) is 0 Å². The lowest BCUT2D eigenvalue weighted by atomic mass is 10.1. The molecule has 8 heteroatoms. The van der Waals surface area contributed by atoms with Crippen LogP contribution in [-0.4, -0.2) is 58.7 Å². The highest BCUT2D eigenvalue weighted by Gasteiger charge is 2.22. The highest BCUT2D eigenvalue weighted by atomic mass is 32.1. The number of ether oxygens (including phenoxy) is 1. The molecule has 4 heterocycles. The minimum absolute atomic E-state index is 0.152. The van der Waals surface area contributed by atoms with Crippen molar-refractivity contribution in [3.05, 3.63) is 52.0 Å². The van der Waals surface area contributed by atoms with E-state index in [2.05, 4.69) is 33.3 Å². The third-order valence-electron chi connectivity index (χ3n) is 5.67. The van der Waals surface area contributed by atoms with Crippen LogP contribution in [0.5, 0.6) is 5.75 Å². The lowest BCUT2D eigenvalue weighted by Gasteiger charge is -2.34. The molecule has 156 valence electrons. The molecule has 0 N–H and O–H groups in total. The summed E-state index contributed by atoms with van der Waals surface area (Å²) in [6, 6.07) is 8.44. The van der Waals surface area contributed by atoms with E-state index >= 15 is 0 Å². The molecule has 1 amide bonds. The first-order valence-corrected chi connectivity index (χ1v) is 11.3. The average molecular weight is 425 g/mol. The van der Waals surface area contributed by atoms with Crippen molar-refractivity contribution >= 4 is 17.2 Å². The van der Waals surface area contributed by atoms with Crippen molar-refractivity contribution in [2.24, 2.45) is 0 Å². The number of amides is 1. The standard InChI is InChI=1S/C22H24N4O3S/c27-21(4-3-20-23-24-22(29-20)18-6-12-30-15-18)26-9-7-25(8-10-26)14-16-1-2-19-17(13-16)5-11-28-19/h1-2,6,12-13,15H,3-5,7-11,14H2. The van der Waals surface area contributed by atoms with Gasteiger partial charge in [0.25, 0.3) is 0 Å². The summed E-state index contributed by atoms with van der Waals surface area (Å²) in [5.41, 5.74) is 3.55. The maximum Gasteiger partial charge on any atom is 0.248 e. The summed E-state index contributed by atoms with van der Waals surface area (Å²) in [5.74, 6) is 2.21. The van der Waals surface area contributed by atoms with Crippen molar-refractivity contribution in [2.45, 2.75) is 25.8 Å². The largest absolute Gasteiger partial charge is 0.493 e. The molecule has 2 aliphatic rings. The van der Waals surface area contributed by atoms with Gasteiger partial charge < -0.3 is 14.1 Å². The van der Waals surface area contributed by atoms with Crippen molar-refractivity contribution in [1.29, 1.82) is 0 Å². The number of rotatable bonds is 6. The van der Waals surface area contributed by atoms with E-state index in [0.29, 0.717) is 24.6 Å². The first-order valence-electron chi connectivity index (χ1n) is 10.3. The molecule has 0 spiro atoms. The number of aromatic nitrogens is 2. The van der Waals surface area contributed by atoms with Crippen molar-refractivity contribution in [1.82, 2.24) is 20.0 Å². The Kier molecular flexibility index (Phi) is 5.50. The van der Waals surface area contributed by atoms with Crippen molar-refractivity contribution < 1.29 is 13.9 Å². The Morgan fingerprint density at radius 2 is 2.03 bits per heavy atom. The quantitative estimate of drug-likeness (QED) is 0.606. The first kappa shape index (κ1) is 19.3. The van der Waals surface area contributed by atoms with Gasteiger partial charge in [-0.3, -0.25) is 9.69 Å². The van der Waals surface area contributed by atoms with Crippen molar-refractivity contribution in [3.63, 3.8) is 0 Å². The zero-order valence-electron chi connectivity index (χ0n) is 16.7. The number of thiophene rings is 1. The van der Waals surface area contributed by atoms with Crippen LogP contribution in [0.4, 0.5) is 0 Å². The monoisotopic (exact) mass is 424 g/mol. The second-order valence-electron chi connectivity index (χ2n) is 7.71. The molecule has 0 bridgehead atoms. The van der Waals surface area contributed by atoms with Gasteiger partial charge in [-0.05, 0) is 28.6 Å². The Morgan fingerprint density at radius 3 is 2.87 bits per heavy atom. The first-order chi connectivity index (χ1) is 14.7. The summed E-state index contributed by atoms with van der Waals surface area (Å²) in [4.78, 5) is 17.0. The van der Waals surface area contributed by atoms with E-state index in [4.69, 9.17) is 9.15 Å². The number of nitrogens with zero attached hydrogens (tertiary/aromatic N) is 4. The molecule has 2 aliphatic heterocycles. The number of carbonyl (C=O) groups excluding carboxylic acids is 1. The lowest BCUT2D eigenvalue weighted by molar-refractivity contribution is -0.133. The zero-order valence-corrected chi connectivity index (χ0v) is 17.6. The molecule has 0 atom stereocenters. The SMILES string of the molecule is O=C(CCc1nnc(-c2ccsc2)o1)N1CCN(Cc2ccc3c(c2)CCO3)CC1. The Morgan fingerprint density at radius 1 is 1.13 bits per heavy atom. The van der Waals surface area contributed by atoms with Gasteiger partial charge in [0, 0.05) is 62.9 Å². The van der Waals surface area contributed by atoms with Gasteiger partial charge in [-0.15, -0.1) is 10.2 Å². The van der Waals surface area contributed by atoms with Gasteiger partial charge in [0.15, 0.2) is 0 Å². The maximum absolute atomic E-state index is 12.6. The maximum atomic E-state index is 12.6. The molecule has 3 aromatic rings. The molecular weight excluding hydrogens is 400 g/mol. The van der Waals surface area contributed by atoms with Crippen molar-refractivity contribution in [3.8, 4) is 17.2 Å². The van der Waals surface area contributed by atoms with Crippen LogP contribution >= 0.6 is 11.3 Å². The van der Waals surface area contributed by atoms with Crippen LogP contribution < -0.4 is 4.74 Å². The Bertz CT molecular complexity index is 1010. The fourth-order valence-corrected chi connectivity index (χ4v) is 4.61. The van der Waals surface area contributed by atoms with Crippen LogP contribution in [0, 0.1) is 0 Å². The third-order valence-corrected chi connectivity index (χ3v) is 6.36. The molecule has 0 radical (unpaired) electrons. The van der Waals surface area contributed by atoms with Gasteiger partial charge in [0.2, 0.25) is 17.7 Å². The highest BCUT2D eigenvalue weighted by Crippen LogP contribution is 2.26. The van der Waals surface area contributed by atoms with Gasteiger partial charge in [-0.25, -0.2) is 0 Å². The van der Waals surface area contributed by atoms with Crippen LogP contribution in [-0.2, 0) is 24.2 Å². The van der Waals surface area contributed by atoms with Gasteiger partial charge in [-0.2, -0.15) is 11.3 Å². The number of hydrogen-bond donors (Lipinski definition) is 0. The molecule has 2 aromatic heterocycles. The van der Waals surface area contributed by atoms with Gasteiger partial charge in [0.05, 0.1) is 6.61 Å². The Hall–Kier alpha value is -2.71. The highest BCUT2D eigenvalue weighted by molar-refractivity contribution is 7.08. The molecule has 30 heavy (non-hydrogen) atoms. The average Bonchev–Trinajstić information content (AvgIpc) is 3.53. The summed E-state index contributed by atoms with van der Waals surface area (Å²) in [5, 5.41) is 12.1. The van der Waals surface area contributed by atoms with E-state index < -0.39 is 0 Å². The zero-order chi connectivity index (χ0) is 20.3. The van der Waals surface area contributed by atoms with E-state index in [1.165, 1.54) is 11.1 Å². The molecule has 5 rings (SSSR count). The predicted molar refractivity (Wildman–Crippen MR) is 113 cm³/mol. The lowest BCUT2D eigenvalue weighted by Crippen LogP contribution is -2.48. The van der Waals surface area contributed by atoms with Gasteiger partial charge in [-0.1, -0.05) is 12.1 Å². The minimum atomic E-state index is 0.152. The summed E-state index contributed by atoms with van der Waals surface area (Å²) < 4.78 is 11.3. The molecule has 0 unspecified atom stereocenters. The smallest absolute Gasteiger partial charge is 0.248 e. The van der Waals surface area contributed by atoms with Crippen LogP contribution in [0.15, 0.2) is 39.4 Å².